The van der Waals surface area contributed by atoms with Crippen LogP contribution in [-0.2, 0) is 14.9 Å². The van der Waals surface area contributed by atoms with E-state index in [2.05, 4.69) is 0 Å². The van der Waals surface area contributed by atoms with E-state index in [4.69, 9.17) is 4.74 Å². The van der Waals surface area contributed by atoms with Gasteiger partial charge in [-0.05, 0) is 18.6 Å². The highest BCUT2D eigenvalue weighted by atomic mass is 16.8. The van der Waals surface area contributed by atoms with Crippen molar-refractivity contribution >= 4 is 17.4 Å². The van der Waals surface area contributed by atoms with Gasteiger partial charge in [0.15, 0.2) is 5.69 Å². The highest BCUT2D eigenvalue weighted by Crippen LogP contribution is 2.31. The molecule has 25 heavy (non-hydrogen) atoms. The highest BCUT2D eigenvalue weighted by molar-refractivity contribution is 6.21. The van der Waals surface area contributed by atoms with Crippen molar-refractivity contribution in [1.29, 1.82) is 5.26 Å². The largest absolute Gasteiger partial charge is 0.595 e. The summed E-state index contributed by atoms with van der Waals surface area (Å²) in [5.41, 5.74) is -2.66. The first-order valence-electron chi connectivity index (χ1n) is 7.50. The lowest BCUT2D eigenvalue weighted by Crippen LogP contribution is -2.99. The van der Waals surface area contributed by atoms with Crippen molar-refractivity contribution in [3.8, 4) is 6.07 Å². The van der Waals surface area contributed by atoms with Crippen LogP contribution in [0.5, 0.6) is 0 Å². The quantitative estimate of drug-likeness (QED) is 0.354. The van der Waals surface area contributed by atoms with E-state index < -0.39 is 22.4 Å². The zero-order valence-electron chi connectivity index (χ0n) is 13.4. The van der Waals surface area contributed by atoms with Crippen molar-refractivity contribution in [1.82, 2.24) is 0 Å². The average Bonchev–Trinajstić information content (AvgIpc) is 2.63. The number of nitrogens with one attached hydrogen (secondary N) is 1. The Morgan fingerprint density at radius 1 is 1.20 bits per heavy atom. The van der Waals surface area contributed by atoms with Crippen molar-refractivity contribution in [2.45, 2.75) is 12.3 Å². The minimum Gasteiger partial charge on any atom is -0.595 e. The number of nitriles is 1. The monoisotopic (exact) mass is 340 g/mol. The van der Waals surface area contributed by atoms with Crippen LogP contribution in [0.15, 0.2) is 54.6 Å². The molecule has 0 aromatic heterocycles. The number of para-hydroxylation sites is 1. The van der Waals surface area contributed by atoms with Crippen molar-refractivity contribution < 1.29 is 24.8 Å². The van der Waals surface area contributed by atoms with Gasteiger partial charge in [-0.25, -0.2) is 10.0 Å². The Morgan fingerprint density at radius 3 is 2.36 bits per heavy atom. The third-order valence-electron chi connectivity index (χ3n) is 3.70. The number of carbonyl (C=O) groups is 2. The van der Waals surface area contributed by atoms with Crippen molar-refractivity contribution in [3.63, 3.8) is 0 Å². The first-order chi connectivity index (χ1) is 12.0. The topological polar surface area (TPSA) is 115 Å². The number of hydrogen-bond acceptors (Lipinski definition) is 6. The maximum absolute atomic E-state index is 13.2. The number of benzene rings is 2. The summed E-state index contributed by atoms with van der Waals surface area (Å²) in [5.74, 6) is -1.97. The van der Waals surface area contributed by atoms with E-state index >= 15 is 0 Å². The van der Waals surface area contributed by atoms with E-state index in [-0.39, 0.29) is 23.4 Å². The molecule has 0 saturated carbocycles. The molecule has 0 radical (unpaired) electrons. The van der Waals surface area contributed by atoms with Gasteiger partial charge in [-0.2, -0.15) is 10.5 Å². The fraction of sp³-hybridized carbons (Fsp3) is 0.167. The zero-order valence-corrected chi connectivity index (χ0v) is 13.4. The van der Waals surface area contributed by atoms with Gasteiger partial charge in [0, 0.05) is 6.07 Å². The molecule has 0 fully saturated rings. The number of quaternary nitrogens is 1. The second kappa shape index (κ2) is 7.68. The molecule has 0 amide bonds. The fourth-order valence-corrected chi connectivity index (χ4v) is 2.50. The third-order valence-corrected chi connectivity index (χ3v) is 3.70. The lowest BCUT2D eigenvalue weighted by Gasteiger charge is -2.25. The molecule has 7 heteroatoms. The van der Waals surface area contributed by atoms with Gasteiger partial charge in [-0.1, -0.05) is 42.5 Å². The molecule has 0 heterocycles. The van der Waals surface area contributed by atoms with E-state index in [0.29, 0.717) is 0 Å². The number of ketones is 1. The molecule has 0 saturated heterocycles. The molecule has 0 bridgehead atoms. The summed E-state index contributed by atoms with van der Waals surface area (Å²) in [7, 11) is 0. The van der Waals surface area contributed by atoms with Crippen LogP contribution in [0.2, 0.25) is 0 Å². The van der Waals surface area contributed by atoms with E-state index in [9.17, 15) is 25.3 Å². The van der Waals surface area contributed by atoms with Crippen LogP contribution in [-0.4, -0.2) is 23.6 Å². The van der Waals surface area contributed by atoms with Crippen LogP contribution >= 0.6 is 0 Å². The van der Waals surface area contributed by atoms with Crippen LogP contribution < -0.4 is 5.23 Å². The maximum Gasteiger partial charge on any atom is 0.339 e. The minimum absolute atomic E-state index is 0.0248. The molecule has 7 nitrogen and oxygen atoms in total. The van der Waals surface area contributed by atoms with Gasteiger partial charge in [-0.3, -0.25) is 4.79 Å². The second-order valence-corrected chi connectivity index (χ2v) is 5.13. The normalized spacial score (nSPS) is 14.0. The van der Waals surface area contributed by atoms with Gasteiger partial charge in [0.1, 0.15) is 0 Å². The molecule has 2 aromatic carbocycles. The number of nitrogens with zero attached hydrogens (tertiary/aromatic N) is 1. The summed E-state index contributed by atoms with van der Waals surface area (Å²) in [6, 6.07) is 15.0. The Balaban J connectivity index is 2.71. The Labute approximate surface area is 144 Å². The molecule has 1 unspecified atom stereocenters. The molecule has 2 N–H and O–H groups in total. The summed E-state index contributed by atoms with van der Waals surface area (Å²) in [6.07, 6.45) is 0. The van der Waals surface area contributed by atoms with Gasteiger partial charge in [0.2, 0.25) is 11.2 Å². The number of rotatable bonds is 6. The first kappa shape index (κ1) is 18.3. The predicted octanol–water partition coefficient (Wildman–Crippen LogP) is 1.30. The van der Waals surface area contributed by atoms with E-state index in [1.807, 2.05) is 0 Å². The molecule has 0 aliphatic carbocycles. The summed E-state index contributed by atoms with van der Waals surface area (Å²) in [5, 5.41) is 29.2. The molecule has 0 spiro atoms. The highest BCUT2D eigenvalue weighted by Gasteiger charge is 2.51. The lowest BCUT2D eigenvalue weighted by atomic mass is 9.75. The first-order valence-corrected chi connectivity index (χ1v) is 7.50. The molecule has 128 valence electrons. The Hall–Kier alpha value is -3.05. The SMILES string of the molecule is CCOC(=O)[C@@](C#N)(C(=O)c1ccccc1[NH+]([O-])O)c1ccccc1. The molecule has 2 aromatic rings. The molecule has 0 aliphatic rings. The van der Waals surface area contributed by atoms with Crippen molar-refractivity contribution in [2.75, 3.05) is 6.61 Å². The van der Waals surface area contributed by atoms with Gasteiger partial charge in [0.25, 0.3) is 0 Å². The third kappa shape index (κ3) is 3.27. The van der Waals surface area contributed by atoms with Crippen LogP contribution in [0.4, 0.5) is 5.69 Å². The van der Waals surface area contributed by atoms with E-state index in [1.165, 1.54) is 36.4 Å². The smallest absolute Gasteiger partial charge is 0.339 e. The van der Waals surface area contributed by atoms with Gasteiger partial charge in [0.05, 0.1) is 18.2 Å². The number of hydrogen-bond donors (Lipinski definition) is 2. The van der Waals surface area contributed by atoms with Crippen molar-refractivity contribution in [3.05, 3.63) is 70.9 Å². The van der Waals surface area contributed by atoms with Crippen LogP contribution in [0.3, 0.4) is 0 Å². The number of Topliss-reactive ketones (excluding diaryl/α,β-unsaturated/α-hetero) is 1. The number of esters is 1. The molecule has 2 rings (SSSR count). The van der Waals surface area contributed by atoms with Crippen LogP contribution in [0.1, 0.15) is 22.8 Å². The van der Waals surface area contributed by atoms with Gasteiger partial charge >= 0.3 is 5.97 Å². The van der Waals surface area contributed by atoms with Crippen LogP contribution in [0, 0.1) is 16.5 Å². The van der Waals surface area contributed by atoms with Gasteiger partial charge < -0.3 is 9.94 Å². The average molecular weight is 340 g/mol. The zero-order chi connectivity index (χ0) is 18.4. The standard InChI is InChI=1S/C18H16N2O5/c1-2-25-17(22)18(12-19,13-8-4-3-5-9-13)16(21)14-10-6-7-11-15(14)20(23)24/h3-11,20,23H,2H2,1H3/t18-/m1/s1. The predicted molar refractivity (Wildman–Crippen MR) is 86.9 cm³/mol. The molecular weight excluding hydrogens is 324 g/mol. The Morgan fingerprint density at radius 2 is 1.80 bits per heavy atom. The van der Waals surface area contributed by atoms with Gasteiger partial charge in [-0.15, -0.1) is 0 Å². The van der Waals surface area contributed by atoms with E-state index in [1.54, 1.807) is 31.2 Å². The molecular formula is C18H16N2O5. The summed E-state index contributed by atoms with van der Waals surface area (Å²) in [6.45, 7) is 1.53. The summed E-state index contributed by atoms with van der Waals surface area (Å²) in [4.78, 5) is 25.7. The van der Waals surface area contributed by atoms with Crippen molar-refractivity contribution in [2.24, 2.45) is 0 Å². The second-order valence-electron chi connectivity index (χ2n) is 5.13. The maximum atomic E-state index is 13.2. The number of carbonyl (C=O) groups excluding carboxylic acids is 2. The molecule has 2 atom stereocenters. The number of ether oxygens (including phenoxy) is 1. The summed E-state index contributed by atoms with van der Waals surface area (Å²) < 4.78 is 4.97. The Bertz CT molecular complexity index is 814. The lowest BCUT2D eigenvalue weighted by molar-refractivity contribution is -0.991. The van der Waals surface area contributed by atoms with E-state index in [0.717, 1.165) is 0 Å². The Kier molecular flexibility index (Phi) is 5.62. The summed E-state index contributed by atoms with van der Waals surface area (Å²) >= 11 is 0. The fourth-order valence-electron chi connectivity index (χ4n) is 2.50. The minimum atomic E-state index is -2.27. The molecule has 0 aliphatic heterocycles. The van der Waals surface area contributed by atoms with Crippen LogP contribution in [0.25, 0.3) is 0 Å².